The van der Waals surface area contributed by atoms with Crippen molar-refractivity contribution in [2.45, 2.75) is 0 Å². The molecule has 0 unspecified atom stereocenters. The Bertz CT molecular complexity index is 679. The van der Waals surface area contributed by atoms with Crippen LogP contribution in [0.1, 0.15) is 11.1 Å². The minimum Gasteiger partial charge on any atom is -0.478 e. The Morgan fingerprint density at radius 3 is 2.30 bits per heavy atom. The van der Waals surface area contributed by atoms with Crippen molar-refractivity contribution < 1.29 is 14.3 Å². The van der Waals surface area contributed by atoms with Crippen LogP contribution in [0.4, 0.5) is 4.39 Å². The fourth-order valence-corrected chi connectivity index (χ4v) is 2.14. The summed E-state index contributed by atoms with van der Waals surface area (Å²) >= 11 is 11.8. The molecule has 0 radical (unpaired) electrons. The van der Waals surface area contributed by atoms with Gasteiger partial charge in [0.1, 0.15) is 5.82 Å². The molecular weight excluding hydrogens is 302 g/mol. The van der Waals surface area contributed by atoms with Gasteiger partial charge in [-0.1, -0.05) is 41.4 Å². The molecule has 0 saturated heterocycles. The van der Waals surface area contributed by atoms with Crippen LogP contribution in [0.3, 0.4) is 0 Å². The van der Waals surface area contributed by atoms with Crippen LogP contribution in [-0.2, 0) is 4.79 Å². The first-order valence-corrected chi connectivity index (χ1v) is 6.39. The SMILES string of the molecule is O=C(O)/C(=C\c1ccc(Cl)cc1Cl)c1ccc(F)cc1. The van der Waals surface area contributed by atoms with E-state index in [1.54, 1.807) is 12.1 Å². The van der Waals surface area contributed by atoms with Crippen molar-refractivity contribution in [2.75, 3.05) is 0 Å². The zero-order valence-electron chi connectivity index (χ0n) is 10.1. The normalized spacial score (nSPS) is 11.4. The Labute approximate surface area is 125 Å². The molecule has 0 aliphatic rings. The number of aliphatic carboxylic acids is 1. The van der Waals surface area contributed by atoms with Gasteiger partial charge < -0.3 is 5.11 Å². The predicted molar refractivity (Wildman–Crippen MR) is 78.4 cm³/mol. The molecule has 0 atom stereocenters. The second-order valence-corrected chi connectivity index (χ2v) is 4.88. The molecule has 0 aliphatic carbocycles. The van der Waals surface area contributed by atoms with E-state index in [-0.39, 0.29) is 5.57 Å². The number of hydrogen-bond donors (Lipinski definition) is 1. The maximum Gasteiger partial charge on any atom is 0.336 e. The molecule has 0 amide bonds. The van der Waals surface area contributed by atoms with Crippen LogP contribution in [0, 0.1) is 5.82 Å². The molecule has 2 aromatic rings. The minimum atomic E-state index is -1.12. The van der Waals surface area contributed by atoms with E-state index in [2.05, 4.69) is 0 Å². The average Bonchev–Trinajstić information content (AvgIpc) is 2.39. The summed E-state index contributed by atoms with van der Waals surface area (Å²) in [6.45, 7) is 0. The summed E-state index contributed by atoms with van der Waals surface area (Å²) in [5, 5.41) is 10.1. The molecule has 102 valence electrons. The molecule has 0 spiro atoms. The van der Waals surface area contributed by atoms with E-state index in [1.165, 1.54) is 36.4 Å². The highest BCUT2D eigenvalue weighted by molar-refractivity contribution is 6.36. The molecule has 5 heteroatoms. The Kier molecular flexibility index (Phi) is 4.42. The molecular formula is C15H9Cl2FO2. The summed E-state index contributed by atoms with van der Waals surface area (Å²) in [6.07, 6.45) is 1.42. The van der Waals surface area contributed by atoms with E-state index in [0.29, 0.717) is 21.2 Å². The number of carbonyl (C=O) groups is 1. The van der Waals surface area contributed by atoms with Crippen molar-refractivity contribution in [3.8, 4) is 0 Å². The molecule has 2 aromatic carbocycles. The first kappa shape index (κ1) is 14.6. The van der Waals surface area contributed by atoms with E-state index in [4.69, 9.17) is 23.2 Å². The molecule has 2 rings (SSSR count). The van der Waals surface area contributed by atoms with Crippen molar-refractivity contribution in [1.82, 2.24) is 0 Å². The maximum absolute atomic E-state index is 12.9. The first-order valence-electron chi connectivity index (χ1n) is 5.63. The highest BCUT2D eigenvalue weighted by Crippen LogP contribution is 2.26. The Hall–Kier alpha value is -1.84. The lowest BCUT2D eigenvalue weighted by atomic mass is 10.0. The fourth-order valence-electron chi connectivity index (χ4n) is 1.67. The quantitative estimate of drug-likeness (QED) is 0.655. The summed E-state index contributed by atoms with van der Waals surface area (Å²) in [6, 6.07) is 9.98. The van der Waals surface area contributed by atoms with Crippen molar-refractivity contribution in [3.63, 3.8) is 0 Å². The molecule has 0 fully saturated rings. The van der Waals surface area contributed by atoms with Crippen LogP contribution < -0.4 is 0 Å². The summed E-state index contributed by atoms with van der Waals surface area (Å²) in [5.41, 5.74) is 0.942. The predicted octanol–water partition coefficient (Wildman–Crippen LogP) is 4.76. The highest BCUT2D eigenvalue weighted by atomic mass is 35.5. The lowest BCUT2D eigenvalue weighted by Gasteiger charge is -2.05. The Morgan fingerprint density at radius 2 is 1.75 bits per heavy atom. The maximum atomic E-state index is 12.9. The monoisotopic (exact) mass is 310 g/mol. The smallest absolute Gasteiger partial charge is 0.336 e. The van der Waals surface area contributed by atoms with E-state index in [0.717, 1.165) is 0 Å². The van der Waals surface area contributed by atoms with Gasteiger partial charge in [0.15, 0.2) is 0 Å². The lowest BCUT2D eigenvalue weighted by molar-refractivity contribution is -0.130. The summed E-state index contributed by atoms with van der Waals surface area (Å²) in [7, 11) is 0. The van der Waals surface area contributed by atoms with Gasteiger partial charge in [-0.25, -0.2) is 9.18 Å². The molecule has 1 N–H and O–H groups in total. The summed E-state index contributed by atoms with van der Waals surface area (Å²) in [5.74, 6) is -1.55. The average molecular weight is 311 g/mol. The zero-order chi connectivity index (χ0) is 14.7. The van der Waals surface area contributed by atoms with Crippen molar-refractivity contribution in [1.29, 1.82) is 0 Å². The van der Waals surface area contributed by atoms with Crippen LogP contribution in [0.5, 0.6) is 0 Å². The van der Waals surface area contributed by atoms with Gasteiger partial charge in [-0.05, 0) is 41.5 Å². The number of hydrogen-bond acceptors (Lipinski definition) is 1. The molecule has 20 heavy (non-hydrogen) atoms. The van der Waals surface area contributed by atoms with E-state index >= 15 is 0 Å². The molecule has 0 aliphatic heterocycles. The molecule has 0 heterocycles. The number of carboxylic acids is 1. The summed E-state index contributed by atoms with van der Waals surface area (Å²) in [4.78, 5) is 11.3. The van der Waals surface area contributed by atoms with Crippen LogP contribution in [0.2, 0.25) is 10.0 Å². The van der Waals surface area contributed by atoms with E-state index < -0.39 is 11.8 Å². The van der Waals surface area contributed by atoms with Gasteiger partial charge in [0, 0.05) is 10.0 Å². The number of rotatable bonds is 3. The number of carboxylic acid groups (broad SMARTS) is 1. The molecule has 0 aromatic heterocycles. The second kappa shape index (κ2) is 6.07. The fraction of sp³-hybridized carbons (Fsp3) is 0. The van der Waals surface area contributed by atoms with Crippen LogP contribution >= 0.6 is 23.2 Å². The van der Waals surface area contributed by atoms with Gasteiger partial charge in [-0.2, -0.15) is 0 Å². The van der Waals surface area contributed by atoms with Gasteiger partial charge in [0.2, 0.25) is 0 Å². The molecule has 0 saturated carbocycles. The van der Waals surface area contributed by atoms with E-state index in [9.17, 15) is 14.3 Å². The standard InChI is InChI=1S/C15H9Cl2FO2/c16-11-4-1-10(14(17)8-11)7-13(15(19)20)9-2-5-12(18)6-3-9/h1-8H,(H,19,20)/b13-7-. The van der Waals surface area contributed by atoms with Crippen LogP contribution in [-0.4, -0.2) is 11.1 Å². The molecule has 0 bridgehead atoms. The van der Waals surface area contributed by atoms with Gasteiger partial charge >= 0.3 is 5.97 Å². The van der Waals surface area contributed by atoms with E-state index in [1.807, 2.05) is 0 Å². The topological polar surface area (TPSA) is 37.3 Å². The minimum absolute atomic E-state index is 0.0224. The number of halogens is 3. The Balaban J connectivity index is 2.50. The largest absolute Gasteiger partial charge is 0.478 e. The third kappa shape index (κ3) is 3.38. The van der Waals surface area contributed by atoms with Gasteiger partial charge in [0.25, 0.3) is 0 Å². The highest BCUT2D eigenvalue weighted by Gasteiger charge is 2.11. The van der Waals surface area contributed by atoms with Gasteiger partial charge in [0.05, 0.1) is 5.57 Å². The number of benzene rings is 2. The molecule has 2 nitrogen and oxygen atoms in total. The van der Waals surface area contributed by atoms with Gasteiger partial charge in [-0.3, -0.25) is 0 Å². The third-order valence-corrected chi connectivity index (χ3v) is 3.21. The Morgan fingerprint density at radius 1 is 1.10 bits per heavy atom. The third-order valence-electron chi connectivity index (χ3n) is 2.65. The van der Waals surface area contributed by atoms with Gasteiger partial charge in [-0.15, -0.1) is 0 Å². The van der Waals surface area contributed by atoms with Crippen LogP contribution in [0.15, 0.2) is 42.5 Å². The summed E-state index contributed by atoms with van der Waals surface area (Å²) < 4.78 is 12.9. The van der Waals surface area contributed by atoms with Crippen molar-refractivity contribution >= 4 is 40.8 Å². The zero-order valence-corrected chi connectivity index (χ0v) is 11.6. The second-order valence-electron chi connectivity index (χ2n) is 4.04. The van der Waals surface area contributed by atoms with Crippen LogP contribution in [0.25, 0.3) is 11.6 Å². The van der Waals surface area contributed by atoms with Crippen molar-refractivity contribution in [2.24, 2.45) is 0 Å². The van der Waals surface area contributed by atoms with Crippen molar-refractivity contribution in [3.05, 3.63) is 69.5 Å². The first-order chi connectivity index (χ1) is 9.47. The lowest BCUT2D eigenvalue weighted by Crippen LogP contribution is -1.99.